The van der Waals surface area contributed by atoms with Crippen molar-refractivity contribution in [3.8, 4) is 5.75 Å². The van der Waals surface area contributed by atoms with E-state index < -0.39 is 11.8 Å². The molecule has 2 atom stereocenters. The van der Waals surface area contributed by atoms with Crippen molar-refractivity contribution in [2.75, 3.05) is 19.8 Å². The average Bonchev–Trinajstić information content (AvgIpc) is 3.88. The molecule has 37 heavy (non-hydrogen) atoms. The Balaban J connectivity index is 0.000000197. The summed E-state index contributed by atoms with van der Waals surface area (Å²) in [6.45, 7) is 2.81. The SMILES string of the molecule is NNC(=O)c1ccc(C(=O)NN)cc1.c1cc(Cc2ccc(OCC3CO3)cc2)ccc1COC1CO1. The van der Waals surface area contributed by atoms with Crippen LogP contribution in [-0.2, 0) is 27.2 Å². The number of hydrogen-bond acceptors (Lipinski definition) is 8. The largest absolute Gasteiger partial charge is 0.491 e. The zero-order chi connectivity index (χ0) is 26.0. The summed E-state index contributed by atoms with van der Waals surface area (Å²) in [4.78, 5) is 22.0. The van der Waals surface area contributed by atoms with E-state index in [1.807, 2.05) is 23.0 Å². The summed E-state index contributed by atoms with van der Waals surface area (Å²) in [6, 6.07) is 22.7. The number of nitrogen functional groups attached to an aromatic ring is 2. The quantitative estimate of drug-likeness (QED) is 0.141. The molecule has 2 saturated heterocycles. The van der Waals surface area contributed by atoms with E-state index in [-0.39, 0.29) is 6.29 Å². The van der Waals surface area contributed by atoms with Crippen LogP contribution >= 0.6 is 0 Å². The van der Waals surface area contributed by atoms with E-state index in [1.165, 1.54) is 41.0 Å². The molecule has 0 aromatic heterocycles. The minimum absolute atomic E-state index is 0.0156. The third-order valence-corrected chi connectivity index (χ3v) is 5.60. The molecule has 6 N–H and O–H groups in total. The molecule has 2 fully saturated rings. The predicted octanol–water partition coefficient (Wildman–Crippen LogP) is 1.82. The number of hydrazine groups is 2. The maximum Gasteiger partial charge on any atom is 0.265 e. The topological polar surface area (TPSA) is 154 Å². The van der Waals surface area contributed by atoms with E-state index in [9.17, 15) is 9.59 Å². The number of carbonyl (C=O) groups is 2. The summed E-state index contributed by atoms with van der Waals surface area (Å²) in [7, 11) is 0. The molecule has 0 radical (unpaired) electrons. The van der Waals surface area contributed by atoms with Crippen LogP contribution in [0.5, 0.6) is 5.75 Å². The summed E-state index contributed by atoms with van der Waals surface area (Å²) >= 11 is 0. The lowest BCUT2D eigenvalue weighted by atomic mass is 10.0. The van der Waals surface area contributed by atoms with Gasteiger partial charge < -0.3 is 18.9 Å². The fourth-order valence-electron chi connectivity index (χ4n) is 3.31. The van der Waals surface area contributed by atoms with Crippen LogP contribution in [0.4, 0.5) is 0 Å². The van der Waals surface area contributed by atoms with Gasteiger partial charge in [0.05, 0.1) is 13.2 Å². The van der Waals surface area contributed by atoms with Crippen LogP contribution in [0, 0.1) is 0 Å². The molecule has 194 valence electrons. The molecule has 2 aliphatic heterocycles. The van der Waals surface area contributed by atoms with Crippen molar-refractivity contribution in [1.82, 2.24) is 10.9 Å². The van der Waals surface area contributed by atoms with Crippen LogP contribution < -0.4 is 27.3 Å². The van der Waals surface area contributed by atoms with Gasteiger partial charge in [-0.15, -0.1) is 0 Å². The fourth-order valence-corrected chi connectivity index (χ4v) is 3.31. The first kappa shape index (κ1) is 26.3. The second kappa shape index (κ2) is 12.9. The average molecular weight is 507 g/mol. The first-order valence-electron chi connectivity index (χ1n) is 11.8. The number of rotatable bonds is 10. The lowest BCUT2D eigenvalue weighted by molar-refractivity contribution is 0.0386. The van der Waals surface area contributed by atoms with Gasteiger partial charge in [-0.05, 0) is 59.5 Å². The zero-order valence-corrected chi connectivity index (χ0v) is 20.2. The first-order valence-corrected chi connectivity index (χ1v) is 11.8. The van der Waals surface area contributed by atoms with E-state index in [4.69, 9.17) is 30.6 Å². The standard InChI is InChI=1S/C19H20O4.C8H10N4O2/c1-3-16(10-22-19-13-23-19)4-2-14(1)9-15-5-7-17(8-6-15)20-11-18-12-21-18;9-11-7(13)5-1-2-6(4-3-5)8(14)12-10/h1-8,18-19H,9-13H2;1-4H,9-10H2,(H,11,13)(H,12,14). The fraction of sp³-hybridized carbons (Fsp3) is 0.259. The highest BCUT2D eigenvalue weighted by atomic mass is 16.8. The van der Waals surface area contributed by atoms with Crippen LogP contribution in [0.15, 0.2) is 72.8 Å². The van der Waals surface area contributed by atoms with Crippen LogP contribution in [0.1, 0.15) is 37.4 Å². The number of epoxide rings is 2. The maximum absolute atomic E-state index is 11.0. The van der Waals surface area contributed by atoms with Crippen LogP contribution in [0.2, 0.25) is 0 Å². The Morgan fingerprint density at radius 3 is 1.70 bits per heavy atom. The molecule has 0 bridgehead atoms. The lowest BCUT2D eigenvalue weighted by Gasteiger charge is -2.07. The van der Waals surface area contributed by atoms with Crippen molar-refractivity contribution in [2.45, 2.75) is 25.4 Å². The molecule has 3 aromatic carbocycles. The highest BCUT2D eigenvalue weighted by molar-refractivity contribution is 5.97. The van der Waals surface area contributed by atoms with E-state index in [0.29, 0.717) is 30.4 Å². The van der Waals surface area contributed by atoms with Crippen LogP contribution in [0.25, 0.3) is 0 Å². The molecular weight excluding hydrogens is 476 g/mol. The monoisotopic (exact) mass is 506 g/mol. The van der Waals surface area contributed by atoms with E-state index >= 15 is 0 Å². The third-order valence-electron chi connectivity index (χ3n) is 5.60. The molecule has 0 spiro atoms. The minimum atomic E-state index is -0.412. The highest BCUT2D eigenvalue weighted by Crippen LogP contribution is 2.19. The minimum Gasteiger partial charge on any atom is -0.491 e. The number of ether oxygens (including phenoxy) is 4. The Kier molecular flexibility index (Phi) is 9.19. The van der Waals surface area contributed by atoms with Gasteiger partial charge in [-0.25, -0.2) is 11.7 Å². The Hall–Kier alpha value is -3.80. The summed E-state index contributed by atoms with van der Waals surface area (Å²) in [5.74, 6) is 9.94. The van der Waals surface area contributed by atoms with Gasteiger partial charge in [0, 0.05) is 11.1 Å². The predicted molar refractivity (Wildman–Crippen MR) is 135 cm³/mol. The van der Waals surface area contributed by atoms with Gasteiger partial charge in [-0.3, -0.25) is 20.4 Å². The second-order valence-electron chi connectivity index (χ2n) is 8.50. The summed E-state index contributed by atoms with van der Waals surface area (Å²) in [5.41, 5.74) is 8.45. The van der Waals surface area contributed by atoms with Crippen molar-refractivity contribution in [3.63, 3.8) is 0 Å². The van der Waals surface area contributed by atoms with E-state index in [2.05, 4.69) is 36.4 Å². The van der Waals surface area contributed by atoms with Crippen molar-refractivity contribution < 1.29 is 28.5 Å². The number of amides is 2. The molecule has 2 unspecified atom stereocenters. The maximum atomic E-state index is 11.0. The van der Waals surface area contributed by atoms with Gasteiger partial charge in [-0.1, -0.05) is 36.4 Å². The lowest BCUT2D eigenvalue weighted by Crippen LogP contribution is -2.31. The molecule has 2 aliphatic rings. The Bertz CT molecular complexity index is 1070. The zero-order valence-electron chi connectivity index (χ0n) is 20.2. The highest BCUT2D eigenvalue weighted by Gasteiger charge is 2.23. The van der Waals surface area contributed by atoms with Crippen molar-refractivity contribution in [1.29, 1.82) is 0 Å². The number of nitrogens with two attached hydrogens (primary N) is 2. The number of hydrogen-bond donors (Lipinski definition) is 4. The Labute approximate surface area is 214 Å². The Morgan fingerprint density at radius 1 is 0.757 bits per heavy atom. The van der Waals surface area contributed by atoms with Gasteiger partial charge in [0.25, 0.3) is 11.8 Å². The van der Waals surface area contributed by atoms with Crippen molar-refractivity contribution in [2.24, 2.45) is 11.7 Å². The normalized spacial score (nSPS) is 17.1. The molecular formula is C27H30N4O6. The van der Waals surface area contributed by atoms with Gasteiger partial charge in [0.2, 0.25) is 0 Å². The molecule has 0 aliphatic carbocycles. The first-order chi connectivity index (χ1) is 18.0. The van der Waals surface area contributed by atoms with Crippen LogP contribution in [-0.4, -0.2) is 44.0 Å². The molecule has 5 rings (SSSR count). The molecule has 0 saturated carbocycles. The number of nitrogens with one attached hydrogen (secondary N) is 2. The molecule has 2 heterocycles. The van der Waals surface area contributed by atoms with Gasteiger partial charge >= 0.3 is 0 Å². The molecule has 10 heteroatoms. The summed E-state index contributed by atoms with van der Waals surface area (Å²) < 4.78 is 21.3. The van der Waals surface area contributed by atoms with Crippen molar-refractivity contribution >= 4 is 11.8 Å². The van der Waals surface area contributed by atoms with E-state index in [1.54, 1.807) is 0 Å². The molecule has 3 aromatic rings. The van der Waals surface area contributed by atoms with Gasteiger partial charge in [-0.2, -0.15) is 0 Å². The number of carbonyl (C=O) groups excluding carboxylic acids is 2. The molecule has 2 amide bonds. The van der Waals surface area contributed by atoms with Gasteiger partial charge in [0.15, 0.2) is 6.29 Å². The summed E-state index contributed by atoms with van der Waals surface area (Å²) in [5, 5.41) is 0. The Morgan fingerprint density at radius 2 is 1.24 bits per heavy atom. The third kappa shape index (κ3) is 8.67. The summed E-state index contributed by atoms with van der Waals surface area (Å²) in [6.07, 6.45) is 1.23. The number of benzene rings is 3. The van der Waals surface area contributed by atoms with Crippen LogP contribution in [0.3, 0.4) is 0 Å². The van der Waals surface area contributed by atoms with Gasteiger partial charge in [0.1, 0.15) is 25.1 Å². The molecule has 10 nitrogen and oxygen atoms in total. The smallest absolute Gasteiger partial charge is 0.265 e. The van der Waals surface area contributed by atoms with E-state index in [0.717, 1.165) is 25.4 Å². The van der Waals surface area contributed by atoms with Crippen molar-refractivity contribution in [3.05, 3.63) is 101 Å². The second-order valence-corrected chi connectivity index (χ2v) is 8.50.